The fourth-order valence-electron chi connectivity index (χ4n) is 2.77. The Balaban J connectivity index is 1.44. The summed E-state index contributed by atoms with van der Waals surface area (Å²) in [6.07, 6.45) is 7.50. The van der Waals surface area contributed by atoms with Gasteiger partial charge in [-0.25, -0.2) is 4.79 Å². The number of ether oxygens (including phenoxy) is 3. The largest absolute Gasteiger partial charge is 0.494 e. The van der Waals surface area contributed by atoms with Crippen molar-refractivity contribution in [3.05, 3.63) is 29.3 Å². The second kappa shape index (κ2) is 10.8. The number of carbonyl (C=O) groups excluding carboxylic acids is 1. The average Bonchev–Trinajstić information content (AvgIpc) is 3.41. The summed E-state index contributed by atoms with van der Waals surface area (Å²) in [4.78, 5) is 12.0. The van der Waals surface area contributed by atoms with Gasteiger partial charge in [-0.1, -0.05) is 51.1 Å². The number of esters is 1. The fraction of sp³-hybridized carbons (Fsp3) is 0.667. The van der Waals surface area contributed by atoms with Gasteiger partial charge in [0.2, 0.25) is 0 Å². The molecule has 0 spiro atoms. The molecule has 1 fully saturated rings. The van der Waals surface area contributed by atoms with Gasteiger partial charge >= 0.3 is 5.97 Å². The number of rotatable bonds is 13. The lowest BCUT2D eigenvalue weighted by Gasteiger charge is -2.13. The van der Waals surface area contributed by atoms with Crippen LogP contribution in [0.5, 0.6) is 5.75 Å². The second-order valence-corrected chi connectivity index (χ2v) is 7.89. The maximum atomic E-state index is 12.0. The van der Waals surface area contributed by atoms with Gasteiger partial charge in [0.1, 0.15) is 5.75 Å². The van der Waals surface area contributed by atoms with E-state index in [1.165, 1.54) is 12.8 Å². The minimum atomic E-state index is -0.624. The third-order valence-corrected chi connectivity index (χ3v) is 4.72. The van der Waals surface area contributed by atoms with Gasteiger partial charge in [-0.15, -0.1) is 0 Å². The normalized spacial score (nSPS) is 18.8. The molecule has 146 valence electrons. The van der Waals surface area contributed by atoms with Crippen LogP contribution in [-0.4, -0.2) is 31.4 Å². The number of halogens is 1. The van der Waals surface area contributed by atoms with Gasteiger partial charge in [0.05, 0.1) is 19.8 Å². The predicted molar refractivity (Wildman–Crippen MR) is 104 cm³/mol. The summed E-state index contributed by atoms with van der Waals surface area (Å²) >= 11 is 5.84. The first kappa shape index (κ1) is 21.0. The quantitative estimate of drug-likeness (QED) is 0.260. The molecule has 0 aliphatic carbocycles. The zero-order chi connectivity index (χ0) is 18.8. The summed E-state index contributed by atoms with van der Waals surface area (Å²) in [6, 6.07) is 7.46. The summed E-state index contributed by atoms with van der Waals surface area (Å²) in [5, 5.41) is 0.726. The van der Waals surface area contributed by atoms with Gasteiger partial charge in [0.25, 0.3) is 0 Å². The van der Waals surface area contributed by atoms with E-state index in [1.807, 2.05) is 38.1 Å². The molecular formula is C21H31ClO4. The van der Waals surface area contributed by atoms with Crippen molar-refractivity contribution in [1.82, 2.24) is 0 Å². The molecular weight excluding hydrogens is 352 g/mol. The van der Waals surface area contributed by atoms with E-state index < -0.39 is 5.60 Å². The van der Waals surface area contributed by atoms with Gasteiger partial charge in [0.15, 0.2) is 5.60 Å². The van der Waals surface area contributed by atoms with E-state index in [-0.39, 0.29) is 5.97 Å². The van der Waals surface area contributed by atoms with E-state index in [0.717, 1.165) is 49.5 Å². The number of unbranched alkanes of at least 4 members (excludes halogenated alkanes) is 5. The van der Waals surface area contributed by atoms with Gasteiger partial charge < -0.3 is 14.2 Å². The third-order valence-electron chi connectivity index (χ3n) is 4.47. The maximum Gasteiger partial charge on any atom is 0.340 e. The highest BCUT2D eigenvalue weighted by Crippen LogP contribution is 2.34. The van der Waals surface area contributed by atoms with Crippen LogP contribution in [0.3, 0.4) is 0 Å². The molecule has 1 unspecified atom stereocenters. The van der Waals surface area contributed by atoms with Crippen LogP contribution in [0.4, 0.5) is 0 Å². The minimum Gasteiger partial charge on any atom is -0.494 e. The highest BCUT2D eigenvalue weighted by atomic mass is 35.5. The van der Waals surface area contributed by atoms with Crippen molar-refractivity contribution in [1.29, 1.82) is 0 Å². The van der Waals surface area contributed by atoms with E-state index in [0.29, 0.717) is 19.1 Å². The molecule has 0 saturated carbocycles. The van der Waals surface area contributed by atoms with E-state index in [2.05, 4.69) is 0 Å². The lowest BCUT2D eigenvalue weighted by molar-refractivity contribution is -0.151. The number of epoxide rings is 1. The lowest BCUT2D eigenvalue weighted by atomic mass is 10.0. The molecule has 0 amide bonds. The van der Waals surface area contributed by atoms with Crippen molar-refractivity contribution in [3.8, 4) is 5.75 Å². The van der Waals surface area contributed by atoms with E-state index in [9.17, 15) is 4.79 Å². The smallest absolute Gasteiger partial charge is 0.340 e. The Morgan fingerprint density at radius 3 is 2.35 bits per heavy atom. The first-order valence-corrected chi connectivity index (χ1v) is 10.1. The van der Waals surface area contributed by atoms with Crippen LogP contribution in [0.1, 0.15) is 58.8 Å². The molecule has 1 aromatic carbocycles. The van der Waals surface area contributed by atoms with Crippen LogP contribution in [-0.2, 0) is 14.3 Å². The summed E-state index contributed by atoms with van der Waals surface area (Å²) in [5.41, 5.74) is -0.624. The van der Waals surface area contributed by atoms with Crippen LogP contribution >= 0.6 is 11.6 Å². The molecule has 0 bridgehead atoms. The number of hydrogen-bond acceptors (Lipinski definition) is 4. The van der Waals surface area contributed by atoms with Crippen molar-refractivity contribution < 1.29 is 19.0 Å². The molecule has 0 aromatic heterocycles. The fourth-order valence-corrected chi connectivity index (χ4v) is 2.89. The Bertz CT molecular complexity index is 537. The summed E-state index contributed by atoms with van der Waals surface area (Å²) in [7, 11) is 0. The van der Waals surface area contributed by atoms with Gasteiger partial charge in [-0.2, -0.15) is 0 Å². The van der Waals surface area contributed by atoms with E-state index in [4.69, 9.17) is 25.8 Å². The molecule has 1 aliphatic rings. The van der Waals surface area contributed by atoms with Crippen LogP contribution in [0, 0.1) is 5.92 Å². The Kier molecular flexibility index (Phi) is 8.73. The Morgan fingerprint density at radius 1 is 1.12 bits per heavy atom. The third kappa shape index (κ3) is 7.55. The summed E-state index contributed by atoms with van der Waals surface area (Å²) < 4.78 is 16.4. The highest BCUT2D eigenvalue weighted by molar-refractivity contribution is 6.30. The van der Waals surface area contributed by atoms with Crippen molar-refractivity contribution >= 4 is 17.6 Å². The van der Waals surface area contributed by atoms with Crippen molar-refractivity contribution in [2.24, 2.45) is 5.92 Å². The second-order valence-electron chi connectivity index (χ2n) is 7.45. The molecule has 1 aromatic rings. The lowest BCUT2D eigenvalue weighted by Crippen LogP contribution is -2.28. The molecule has 0 radical (unpaired) electrons. The monoisotopic (exact) mass is 382 g/mol. The maximum absolute atomic E-state index is 12.0. The Morgan fingerprint density at radius 2 is 1.73 bits per heavy atom. The highest BCUT2D eigenvalue weighted by Gasteiger charge is 2.53. The van der Waals surface area contributed by atoms with E-state index in [1.54, 1.807) is 0 Å². The molecule has 1 aliphatic heterocycles. The standard InChI is InChI=1S/C21H31ClO4/c1-17(2)15-25-20(23)21(16-26-21)13-7-5-3-4-6-8-14-24-19-11-9-18(22)10-12-19/h9-12,17H,3-8,13-16H2,1-2H3. The van der Waals surface area contributed by atoms with Gasteiger partial charge in [-0.3, -0.25) is 0 Å². The van der Waals surface area contributed by atoms with E-state index >= 15 is 0 Å². The number of carbonyl (C=O) groups is 1. The topological polar surface area (TPSA) is 48.1 Å². The molecule has 5 heteroatoms. The molecule has 2 rings (SSSR count). The van der Waals surface area contributed by atoms with Gasteiger partial charge in [0, 0.05) is 5.02 Å². The zero-order valence-electron chi connectivity index (χ0n) is 16.0. The van der Waals surface area contributed by atoms with Crippen LogP contribution in [0.15, 0.2) is 24.3 Å². The van der Waals surface area contributed by atoms with Crippen LogP contribution in [0.2, 0.25) is 5.02 Å². The Labute approximate surface area is 162 Å². The van der Waals surface area contributed by atoms with Crippen LogP contribution in [0.25, 0.3) is 0 Å². The molecule has 0 N–H and O–H groups in total. The first-order valence-electron chi connectivity index (χ1n) is 9.71. The van der Waals surface area contributed by atoms with Gasteiger partial charge in [-0.05, 0) is 49.4 Å². The number of hydrogen-bond donors (Lipinski definition) is 0. The summed E-state index contributed by atoms with van der Waals surface area (Å²) in [6.45, 7) is 5.80. The van der Waals surface area contributed by atoms with Crippen molar-refractivity contribution in [2.45, 2.75) is 64.4 Å². The minimum absolute atomic E-state index is 0.175. The Hall–Kier alpha value is -1.26. The van der Waals surface area contributed by atoms with Crippen LogP contribution < -0.4 is 4.74 Å². The average molecular weight is 383 g/mol. The molecule has 4 nitrogen and oxygen atoms in total. The van der Waals surface area contributed by atoms with Crippen molar-refractivity contribution in [3.63, 3.8) is 0 Å². The summed E-state index contributed by atoms with van der Waals surface area (Å²) in [5.74, 6) is 1.05. The van der Waals surface area contributed by atoms with Crippen molar-refractivity contribution in [2.75, 3.05) is 19.8 Å². The first-order chi connectivity index (χ1) is 12.5. The molecule has 1 saturated heterocycles. The number of benzene rings is 1. The zero-order valence-corrected chi connectivity index (χ0v) is 16.7. The SMILES string of the molecule is CC(C)COC(=O)C1(CCCCCCCCOc2ccc(Cl)cc2)CO1. The molecule has 1 heterocycles. The molecule has 26 heavy (non-hydrogen) atoms. The predicted octanol–water partition coefficient (Wildman–Crippen LogP) is 5.42. The molecule has 1 atom stereocenters.